The minimum atomic E-state index is -2.60. The number of rotatable bonds is 4. The Balaban J connectivity index is 2.65. The van der Waals surface area contributed by atoms with Gasteiger partial charge in [0.25, 0.3) is 6.43 Å². The number of alkyl halides is 2. The molecule has 0 bridgehead atoms. The fourth-order valence-electron chi connectivity index (χ4n) is 1.65. The van der Waals surface area contributed by atoms with E-state index in [0.29, 0.717) is 12.8 Å². The molecule has 1 heterocycles. The van der Waals surface area contributed by atoms with E-state index < -0.39 is 18.1 Å². The average molecular weight is 223 g/mol. The van der Waals surface area contributed by atoms with Crippen LogP contribution in [-0.2, 0) is 9.53 Å². The second-order valence-corrected chi connectivity index (χ2v) is 3.91. The van der Waals surface area contributed by atoms with Gasteiger partial charge in [-0.3, -0.25) is 4.79 Å². The Morgan fingerprint density at radius 2 is 2.40 bits per heavy atom. The van der Waals surface area contributed by atoms with Gasteiger partial charge in [-0.25, -0.2) is 8.78 Å². The Morgan fingerprint density at radius 3 is 2.87 bits per heavy atom. The van der Waals surface area contributed by atoms with Crippen molar-refractivity contribution in [2.24, 2.45) is 0 Å². The van der Waals surface area contributed by atoms with E-state index in [9.17, 15) is 13.6 Å². The van der Waals surface area contributed by atoms with Gasteiger partial charge in [-0.1, -0.05) is 0 Å². The molecule has 88 valence electrons. The highest BCUT2D eigenvalue weighted by atomic mass is 19.3. The van der Waals surface area contributed by atoms with Crippen LogP contribution < -0.4 is 0 Å². The molecule has 0 aromatic rings. The van der Waals surface area contributed by atoms with Crippen LogP contribution in [0, 0.1) is 0 Å². The maximum Gasteiger partial charge on any atom is 0.260 e. The van der Waals surface area contributed by atoms with Gasteiger partial charge < -0.3 is 14.7 Å². The molecule has 0 aromatic heterocycles. The number of aliphatic hydroxyl groups excluding tert-OH is 1. The highest BCUT2D eigenvalue weighted by Crippen LogP contribution is 2.25. The molecule has 6 heteroatoms. The number of aliphatic hydroxyl groups is 1. The van der Waals surface area contributed by atoms with Crippen molar-refractivity contribution in [3.8, 4) is 0 Å². The monoisotopic (exact) mass is 223 g/mol. The zero-order valence-electron chi connectivity index (χ0n) is 8.53. The number of carbonyl (C=O) groups is 1. The van der Waals surface area contributed by atoms with E-state index in [-0.39, 0.29) is 19.8 Å². The first-order valence-electron chi connectivity index (χ1n) is 4.76. The summed E-state index contributed by atoms with van der Waals surface area (Å²) in [6.45, 7) is 1.50. The molecule has 1 saturated heterocycles. The molecule has 1 rings (SSSR count). The average Bonchev–Trinajstić information content (AvgIpc) is 2.17. The lowest BCUT2D eigenvalue weighted by molar-refractivity contribution is -0.166. The predicted molar refractivity (Wildman–Crippen MR) is 48.6 cm³/mol. The van der Waals surface area contributed by atoms with Gasteiger partial charge in [0.1, 0.15) is 6.04 Å². The maximum absolute atomic E-state index is 12.5. The summed E-state index contributed by atoms with van der Waals surface area (Å²) in [5, 5.41) is 8.78. The molecule has 4 nitrogen and oxygen atoms in total. The van der Waals surface area contributed by atoms with Crippen LogP contribution in [0.4, 0.5) is 8.78 Å². The quantitative estimate of drug-likeness (QED) is 0.695. The summed E-state index contributed by atoms with van der Waals surface area (Å²) in [6, 6.07) is -1.17. The minimum Gasteiger partial charge on any atom is -0.396 e. The third-order valence-corrected chi connectivity index (χ3v) is 2.61. The van der Waals surface area contributed by atoms with E-state index in [1.807, 2.05) is 0 Å². The van der Waals surface area contributed by atoms with Gasteiger partial charge in [0, 0.05) is 19.6 Å². The Hall–Kier alpha value is -0.750. The second-order valence-electron chi connectivity index (χ2n) is 3.91. The molecule has 15 heavy (non-hydrogen) atoms. The molecule has 0 aromatic carbocycles. The molecule has 0 saturated carbocycles. The molecular weight excluding hydrogens is 208 g/mol. The molecule has 2 atom stereocenters. The summed E-state index contributed by atoms with van der Waals surface area (Å²) in [4.78, 5) is 11.7. The van der Waals surface area contributed by atoms with Crippen LogP contribution in [0.15, 0.2) is 0 Å². The number of morpholine rings is 1. The van der Waals surface area contributed by atoms with Gasteiger partial charge in [-0.2, -0.15) is 0 Å². The highest BCUT2D eigenvalue weighted by Gasteiger charge is 2.39. The number of hydrogen-bond donors (Lipinski definition) is 1. The zero-order chi connectivity index (χ0) is 11.5. The minimum absolute atomic E-state index is 0.0894. The summed E-state index contributed by atoms with van der Waals surface area (Å²) < 4.78 is 30.2. The highest BCUT2D eigenvalue weighted by molar-refractivity contribution is 5.48. The maximum atomic E-state index is 12.5. The van der Waals surface area contributed by atoms with Crippen LogP contribution in [0.2, 0.25) is 0 Å². The number of nitrogens with zero attached hydrogens (tertiary/aromatic N) is 1. The molecule has 0 aliphatic carbocycles. The van der Waals surface area contributed by atoms with Gasteiger partial charge in [0.05, 0.1) is 12.2 Å². The lowest BCUT2D eigenvalue weighted by Gasteiger charge is -2.43. The van der Waals surface area contributed by atoms with E-state index in [0.717, 1.165) is 4.90 Å². The molecule has 1 amide bonds. The third-order valence-electron chi connectivity index (χ3n) is 2.61. The molecule has 0 spiro atoms. The van der Waals surface area contributed by atoms with E-state index in [4.69, 9.17) is 9.84 Å². The van der Waals surface area contributed by atoms with Crippen LogP contribution in [-0.4, -0.2) is 54.2 Å². The van der Waals surface area contributed by atoms with Crippen molar-refractivity contribution in [3.63, 3.8) is 0 Å². The third kappa shape index (κ3) is 2.85. The van der Waals surface area contributed by atoms with Gasteiger partial charge in [0.15, 0.2) is 0 Å². The standard InChI is InChI=1S/C9H15F2NO3/c1-9(2-3-13)5-12(6-14)7(4-15-9)8(10)11/h6-8,13H,2-5H2,1H3. The van der Waals surface area contributed by atoms with Crippen molar-refractivity contribution >= 4 is 6.41 Å². The van der Waals surface area contributed by atoms with Gasteiger partial charge in [0.2, 0.25) is 6.41 Å². The number of carbonyl (C=O) groups excluding carboxylic acids is 1. The lowest BCUT2D eigenvalue weighted by Crippen LogP contribution is -2.57. The van der Waals surface area contributed by atoms with Crippen molar-refractivity contribution in [1.29, 1.82) is 0 Å². The fourth-order valence-corrected chi connectivity index (χ4v) is 1.65. The zero-order valence-corrected chi connectivity index (χ0v) is 8.53. The van der Waals surface area contributed by atoms with Crippen molar-refractivity contribution in [3.05, 3.63) is 0 Å². The Labute approximate surface area is 86.8 Å². The van der Waals surface area contributed by atoms with Crippen LogP contribution in [0.1, 0.15) is 13.3 Å². The first-order valence-corrected chi connectivity index (χ1v) is 4.76. The second kappa shape index (κ2) is 4.85. The van der Waals surface area contributed by atoms with Crippen molar-refractivity contribution in [1.82, 2.24) is 4.90 Å². The summed E-state index contributed by atoms with van der Waals surface area (Å²) >= 11 is 0. The first-order chi connectivity index (χ1) is 7.02. The molecule has 2 unspecified atom stereocenters. The lowest BCUT2D eigenvalue weighted by atomic mass is 9.99. The Morgan fingerprint density at radius 1 is 1.73 bits per heavy atom. The Bertz CT molecular complexity index is 227. The molecule has 1 N–H and O–H groups in total. The normalized spacial score (nSPS) is 32.1. The molecule has 1 aliphatic rings. The summed E-state index contributed by atoms with van der Waals surface area (Å²) in [5.74, 6) is 0. The van der Waals surface area contributed by atoms with E-state index >= 15 is 0 Å². The van der Waals surface area contributed by atoms with E-state index in [2.05, 4.69) is 0 Å². The largest absolute Gasteiger partial charge is 0.396 e. The number of hydrogen-bond acceptors (Lipinski definition) is 3. The van der Waals surface area contributed by atoms with E-state index in [1.54, 1.807) is 6.92 Å². The Kier molecular flexibility index (Phi) is 3.98. The summed E-state index contributed by atoms with van der Waals surface area (Å²) in [7, 11) is 0. The number of halogens is 2. The topological polar surface area (TPSA) is 49.8 Å². The molecule has 0 radical (unpaired) electrons. The molecular formula is C9H15F2NO3. The van der Waals surface area contributed by atoms with Crippen molar-refractivity contribution in [2.75, 3.05) is 19.8 Å². The van der Waals surface area contributed by atoms with Crippen LogP contribution in [0.5, 0.6) is 0 Å². The summed E-state index contributed by atoms with van der Waals surface area (Å²) in [5.41, 5.74) is -0.721. The van der Waals surface area contributed by atoms with Crippen molar-refractivity contribution in [2.45, 2.75) is 31.4 Å². The molecule has 1 aliphatic heterocycles. The first kappa shape index (κ1) is 12.3. The summed E-state index contributed by atoms with van der Waals surface area (Å²) in [6.07, 6.45) is -1.86. The predicted octanol–water partition coefficient (Wildman–Crippen LogP) is 0.250. The van der Waals surface area contributed by atoms with Gasteiger partial charge >= 0.3 is 0 Å². The van der Waals surface area contributed by atoms with Crippen LogP contribution in [0.25, 0.3) is 0 Å². The van der Waals surface area contributed by atoms with Crippen LogP contribution in [0.3, 0.4) is 0 Å². The van der Waals surface area contributed by atoms with Gasteiger partial charge in [-0.05, 0) is 6.92 Å². The number of amides is 1. The van der Waals surface area contributed by atoms with Crippen LogP contribution >= 0.6 is 0 Å². The van der Waals surface area contributed by atoms with E-state index in [1.165, 1.54) is 0 Å². The SMILES string of the molecule is CC1(CCO)CN(C=O)C(C(F)F)CO1. The molecule has 1 fully saturated rings. The fraction of sp³-hybridized carbons (Fsp3) is 0.889. The number of ether oxygens (including phenoxy) is 1. The smallest absolute Gasteiger partial charge is 0.260 e. The van der Waals surface area contributed by atoms with Crippen molar-refractivity contribution < 1.29 is 23.4 Å². The van der Waals surface area contributed by atoms with Gasteiger partial charge in [-0.15, -0.1) is 0 Å².